The van der Waals surface area contributed by atoms with E-state index in [2.05, 4.69) is 16.7 Å². The molecule has 1 heterocycles. The van der Waals surface area contributed by atoms with Gasteiger partial charge in [-0.05, 0) is 64.7 Å². The van der Waals surface area contributed by atoms with Crippen molar-refractivity contribution in [2.24, 2.45) is 5.73 Å². The monoisotopic (exact) mass is 529 g/mol. The predicted molar refractivity (Wildman–Crippen MR) is 155 cm³/mol. The first-order valence-corrected chi connectivity index (χ1v) is 14.2. The van der Waals surface area contributed by atoms with Crippen LogP contribution in [-0.4, -0.2) is 18.9 Å². The molecule has 0 bridgehead atoms. The molecule has 5 aromatic carbocycles. The second kappa shape index (κ2) is 9.89. The lowest BCUT2D eigenvalue weighted by Crippen LogP contribution is -2.11. The lowest BCUT2D eigenvalue weighted by molar-refractivity contribution is 0.100. The number of primary amides is 1. The standard InChI is InChI=1S/C33H25N2O3S/c34-33(36)29-16-9-17-30-32(29)28-19-18-24(23-10-3-1-4-11-23)20-31(28)35(30)21-25-12-7-8-13-26(25)22-39(37,38)27-14-5-2-6-15-27/h1-18,20H,21-22H2,(H2,34,36). The van der Waals surface area contributed by atoms with Crippen LogP contribution in [0.5, 0.6) is 0 Å². The number of nitrogens with zero attached hydrogens (tertiary/aromatic N) is 1. The fourth-order valence-electron chi connectivity index (χ4n) is 5.17. The van der Waals surface area contributed by atoms with E-state index in [9.17, 15) is 13.2 Å². The minimum atomic E-state index is -3.54. The van der Waals surface area contributed by atoms with E-state index in [1.54, 1.807) is 36.4 Å². The molecule has 1 radical (unpaired) electrons. The van der Waals surface area contributed by atoms with E-state index in [0.717, 1.165) is 44.1 Å². The largest absolute Gasteiger partial charge is 0.366 e. The summed E-state index contributed by atoms with van der Waals surface area (Å²) in [5.41, 5.74) is 11.6. The lowest BCUT2D eigenvalue weighted by Gasteiger charge is -2.14. The number of fused-ring (bicyclic) bond motifs is 3. The summed E-state index contributed by atoms with van der Waals surface area (Å²) in [5.74, 6) is -0.618. The molecule has 39 heavy (non-hydrogen) atoms. The van der Waals surface area contributed by atoms with Gasteiger partial charge in [-0.25, -0.2) is 8.42 Å². The van der Waals surface area contributed by atoms with Gasteiger partial charge in [0.2, 0.25) is 5.91 Å². The van der Waals surface area contributed by atoms with E-state index in [1.807, 2.05) is 72.8 Å². The average Bonchev–Trinajstić information content (AvgIpc) is 3.27. The van der Waals surface area contributed by atoms with Crippen LogP contribution in [-0.2, 0) is 22.1 Å². The van der Waals surface area contributed by atoms with E-state index in [-0.39, 0.29) is 5.75 Å². The van der Waals surface area contributed by atoms with Crippen LogP contribution in [0.15, 0.2) is 120 Å². The number of aromatic nitrogens is 1. The average molecular weight is 530 g/mol. The third kappa shape index (κ3) is 4.60. The van der Waals surface area contributed by atoms with Crippen molar-refractivity contribution in [1.29, 1.82) is 0 Å². The number of rotatable bonds is 7. The van der Waals surface area contributed by atoms with Crippen molar-refractivity contribution in [3.63, 3.8) is 0 Å². The molecule has 0 fully saturated rings. The van der Waals surface area contributed by atoms with Gasteiger partial charge < -0.3 is 10.3 Å². The number of amides is 1. The Balaban J connectivity index is 1.53. The Morgan fingerprint density at radius 2 is 1.41 bits per heavy atom. The van der Waals surface area contributed by atoms with Gasteiger partial charge in [0.15, 0.2) is 9.84 Å². The Morgan fingerprint density at radius 1 is 0.744 bits per heavy atom. The minimum absolute atomic E-state index is 0.113. The molecule has 0 saturated carbocycles. The molecule has 6 heteroatoms. The molecule has 0 atom stereocenters. The molecule has 5 nitrogen and oxygen atoms in total. The zero-order chi connectivity index (χ0) is 27.0. The first kappa shape index (κ1) is 24.6. The molecule has 1 amide bonds. The van der Waals surface area contributed by atoms with Gasteiger partial charge in [-0.2, -0.15) is 0 Å². The van der Waals surface area contributed by atoms with E-state index < -0.39 is 15.7 Å². The summed E-state index contributed by atoms with van der Waals surface area (Å²) in [6.07, 6.45) is 0. The molecular formula is C33H25N2O3S. The van der Waals surface area contributed by atoms with Gasteiger partial charge >= 0.3 is 0 Å². The van der Waals surface area contributed by atoms with Crippen LogP contribution in [0.2, 0.25) is 0 Å². The van der Waals surface area contributed by atoms with Gasteiger partial charge in [0.25, 0.3) is 0 Å². The van der Waals surface area contributed by atoms with Crippen molar-refractivity contribution in [3.05, 3.63) is 138 Å². The summed E-state index contributed by atoms with van der Waals surface area (Å²) in [7, 11) is -3.54. The minimum Gasteiger partial charge on any atom is -0.366 e. The second-order valence-corrected chi connectivity index (χ2v) is 11.5. The number of nitrogens with two attached hydrogens (primary N) is 1. The molecule has 1 aromatic heterocycles. The summed E-state index contributed by atoms with van der Waals surface area (Å²) < 4.78 is 28.6. The van der Waals surface area contributed by atoms with Gasteiger partial charge in [-0.1, -0.05) is 78.9 Å². The molecule has 6 aromatic rings. The van der Waals surface area contributed by atoms with E-state index >= 15 is 0 Å². The number of hydrogen-bond donors (Lipinski definition) is 1. The molecule has 0 aliphatic rings. The highest BCUT2D eigenvalue weighted by atomic mass is 32.2. The molecule has 2 N–H and O–H groups in total. The fraction of sp³-hybridized carbons (Fsp3) is 0.0606. The van der Waals surface area contributed by atoms with Gasteiger partial charge in [0.05, 0.1) is 21.7 Å². The lowest BCUT2D eigenvalue weighted by atomic mass is 10.0. The summed E-state index contributed by atoms with van der Waals surface area (Å²) in [6, 6.07) is 39.1. The third-order valence-electron chi connectivity index (χ3n) is 7.06. The highest BCUT2D eigenvalue weighted by Crippen LogP contribution is 2.35. The maximum Gasteiger partial charge on any atom is 0.249 e. The molecule has 0 saturated heterocycles. The van der Waals surface area contributed by atoms with Gasteiger partial charge in [0.1, 0.15) is 0 Å². The molecular weight excluding hydrogens is 504 g/mol. The number of carbonyl (C=O) groups is 1. The van der Waals surface area contributed by atoms with Crippen molar-refractivity contribution < 1.29 is 13.2 Å². The Labute approximate surface area is 227 Å². The SMILES string of the molecule is NC(=O)c1cccc2c1c1[c]cc(-c3ccccc3)cc1n2Cc1ccccc1CS(=O)(=O)c1ccccc1. The molecule has 0 aliphatic heterocycles. The highest BCUT2D eigenvalue weighted by Gasteiger charge is 2.20. The number of benzene rings is 5. The Hall–Kier alpha value is -4.68. The first-order valence-electron chi connectivity index (χ1n) is 12.6. The van der Waals surface area contributed by atoms with E-state index in [0.29, 0.717) is 17.0 Å². The van der Waals surface area contributed by atoms with Crippen LogP contribution in [0, 0.1) is 6.07 Å². The number of carbonyl (C=O) groups excluding carboxylic acids is 1. The Morgan fingerprint density at radius 3 is 2.13 bits per heavy atom. The zero-order valence-corrected chi connectivity index (χ0v) is 21.9. The summed E-state index contributed by atoms with van der Waals surface area (Å²) in [6.45, 7) is 0.411. The van der Waals surface area contributed by atoms with Crippen molar-refractivity contribution in [1.82, 2.24) is 4.57 Å². The van der Waals surface area contributed by atoms with Crippen molar-refractivity contribution >= 4 is 37.6 Å². The maximum atomic E-state index is 13.2. The van der Waals surface area contributed by atoms with Gasteiger partial charge in [-0.15, -0.1) is 0 Å². The number of sulfone groups is 1. The van der Waals surface area contributed by atoms with Crippen LogP contribution in [0.25, 0.3) is 32.9 Å². The highest BCUT2D eigenvalue weighted by molar-refractivity contribution is 7.90. The van der Waals surface area contributed by atoms with Crippen molar-refractivity contribution in [2.75, 3.05) is 0 Å². The summed E-state index contributed by atoms with van der Waals surface area (Å²) in [5, 5.41) is 1.54. The smallest absolute Gasteiger partial charge is 0.249 e. The van der Waals surface area contributed by atoms with E-state index in [1.165, 1.54) is 0 Å². The van der Waals surface area contributed by atoms with E-state index in [4.69, 9.17) is 5.73 Å². The fourth-order valence-corrected chi connectivity index (χ4v) is 6.60. The molecule has 6 rings (SSSR count). The normalized spacial score (nSPS) is 11.7. The Bertz CT molecular complexity index is 1940. The Kier molecular flexibility index (Phi) is 6.25. The van der Waals surface area contributed by atoms with Crippen molar-refractivity contribution in [3.8, 4) is 11.1 Å². The molecule has 0 unspecified atom stereocenters. The molecule has 191 valence electrons. The van der Waals surface area contributed by atoms with Crippen LogP contribution >= 0.6 is 0 Å². The zero-order valence-electron chi connectivity index (χ0n) is 21.0. The van der Waals surface area contributed by atoms with Gasteiger partial charge in [0, 0.05) is 22.9 Å². The maximum absolute atomic E-state index is 13.2. The second-order valence-electron chi connectivity index (χ2n) is 9.51. The first-order chi connectivity index (χ1) is 18.9. The summed E-state index contributed by atoms with van der Waals surface area (Å²) in [4.78, 5) is 12.7. The van der Waals surface area contributed by atoms with Crippen LogP contribution in [0.4, 0.5) is 0 Å². The summed E-state index contributed by atoms with van der Waals surface area (Å²) >= 11 is 0. The van der Waals surface area contributed by atoms with Crippen LogP contribution in [0.1, 0.15) is 21.5 Å². The van der Waals surface area contributed by atoms with Crippen molar-refractivity contribution in [2.45, 2.75) is 17.2 Å². The third-order valence-corrected chi connectivity index (χ3v) is 8.74. The number of hydrogen-bond acceptors (Lipinski definition) is 3. The topological polar surface area (TPSA) is 82.2 Å². The van der Waals surface area contributed by atoms with Gasteiger partial charge in [-0.3, -0.25) is 4.79 Å². The van der Waals surface area contributed by atoms with Crippen LogP contribution in [0.3, 0.4) is 0 Å². The predicted octanol–water partition coefficient (Wildman–Crippen LogP) is 6.38. The molecule has 0 spiro atoms. The van der Waals surface area contributed by atoms with Crippen LogP contribution < -0.4 is 5.73 Å². The molecule has 0 aliphatic carbocycles. The quantitative estimate of drug-likeness (QED) is 0.260.